The van der Waals surface area contributed by atoms with Gasteiger partial charge in [0.2, 0.25) is 5.91 Å². The molecule has 0 aromatic carbocycles. The van der Waals surface area contributed by atoms with Crippen LogP contribution in [0.2, 0.25) is 5.15 Å². The molecule has 1 fully saturated rings. The number of carbonyl (C=O) groups excluding carboxylic acids is 2. The van der Waals surface area contributed by atoms with Gasteiger partial charge in [0.25, 0.3) is 5.91 Å². The summed E-state index contributed by atoms with van der Waals surface area (Å²) in [6.07, 6.45) is 3.38. The molecule has 1 aliphatic rings. The maximum Gasteiger partial charge on any atom is 0.328 e. The summed E-state index contributed by atoms with van der Waals surface area (Å²) in [5, 5.41) is 11.9. The first kappa shape index (κ1) is 23.9. The van der Waals surface area contributed by atoms with Crippen molar-refractivity contribution in [3.05, 3.63) is 28.8 Å². The van der Waals surface area contributed by atoms with E-state index in [1.807, 2.05) is 6.92 Å². The van der Waals surface area contributed by atoms with Crippen molar-refractivity contribution in [2.24, 2.45) is 5.92 Å². The molecule has 1 aromatic heterocycles. The first-order chi connectivity index (χ1) is 14.2. The molecule has 1 saturated heterocycles. The van der Waals surface area contributed by atoms with Crippen molar-refractivity contribution in [2.75, 3.05) is 19.7 Å². The number of H-pyrrole nitrogens is 1. The minimum atomic E-state index is -1.18. The number of likely N-dealkylation sites (tertiary alicyclic amines) is 1. The van der Waals surface area contributed by atoms with Gasteiger partial charge in [0.15, 0.2) is 11.0 Å². The summed E-state index contributed by atoms with van der Waals surface area (Å²) < 4.78 is 5.99. The lowest BCUT2D eigenvalue weighted by molar-refractivity contribution is -0.133. The molecule has 0 bridgehead atoms. The molecule has 0 saturated carbocycles. The van der Waals surface area contributed by atoms with E-state index < -0.39 is 18.0 Å². The highest BCUT2D eigenvalue weighted by Gasteiger charge is 2.33. The number of imidazole rings is 1. The molecule has 0 aliphatic carbocycles. The van der Waals surface area contributed by atoms with Gasteiger partial charge < -0.3 is 25.0 Å². The number of carboxylic acid groups (broad SMARTS) is 1. The third-order valence-corrected chi connectivity index (χ3v) is 5.19. The fraction of sp³-hybridized carbons (Fsp3) is 0.600. The van der Waals surface area contributed by atoms with Crippen LogP contribution in [-0.4, -0.2) is 69.6 Å². The van der Waals surface area contributed by atoms with Crippen LogP contribution in [0.1, 0.15) is 49.9 Å². The third kappa shape index (κ3) is 6.84. The highest BCUT2D eigenvalue weighted by Crippen LogP contribution is 2.18. The molecule has 166 valence electrons. The Morgan fingerprint density at radius 1 is 1.40 bits per heavy atom. The maximum atomic E-state index is 12.6. The van der Waals surface area contributed by atoms with E-state index in [1.54, 1.807) is 0 Å². The first-order valence-electron chi connectivity index (χ1n) is 10.1. The number of carbonyl (C=O) groups is 3. The second kappa shape index (κ2) is 11.1. The summed E-state index contributed by atoms with van der Waals surface area (Å²) in [6, 6.07) is -0.314. The number of rotatable bonds is 9. The predicted molar refractivity (Wildman–Crippen MR) is 111 cm³/mol. The van der Waals surface area contributed by atoms with Crippen LogP contribution in [0.3, 0.4) is 0 Å². The predicted octanol–water partition coefficient (Wildman–Crippen LogP) is 2.03. The average molecular weight is 441 g/mol. The highest BCUT2D eigenvalue weighted by molar-refractivity contribution is 6.30. The largest absolute Gasteiger partial charge is 0.478 e. The van der Waals surface area contributed by atoms with Crippen molar-refractivity contribution in [3.8, 4) is 0 Å². The van der Waals surface area contributed by atoms with E-state index in [9.17, 15) is 14.4 Å². The van der Waals surface area contributed by atoms with Crippen LogP contribution in [0.4, 0.5) is 0 Å². The standard InChI is InChI=1S/C20H29ClN4O5/c1-4-13-18(21)24-19(22-13)20(29)23-14-7-9-25(16(26)5-6-17(27)28)11-15(14)30-10-8-12(2)3/h5-6,12,14-15H,4,7-11H2,1-3H3,(H,22,24)(H,23,29)(H,27,28)/b6-5+. The molecular weight excluding hydrogens is 412 g/mol. The summed E-state index contributed by atoms with van der Waals surface area (Å²) in [5.41, 5.74) is 0.692. The molecule has 1 aromatic rings. The lowest BCUT2D eigenvalue weighted by Crippen LogP contribution is -2.56. The van der Waals surface area contributed by atoms with Crippen LogP contribution >= 0.6 is 11.6 Å². The monoisotopic (exact) mass is 440 g/mol. The molecule has 0 radical (unpaired) electrons. The topological polar surface area (TPSA) is 125 Å². The second-order valence-electron chi connectivity index (χ2n) is 7.62. The van der Waals surface area contributed by atoms with Gasteiger partial charge in [-0.05, 0) is 25.2 Å². The molecule has 2 heterocycles. The Bertz CT molecular complexity index is 792. The van der Waals surface area contributed by atoms with E-state index in [-0.39, 0.29) is 29.5 Å². The number of halogens is 1. The Hall–Kier alpha value is -2.39. The SMILES string of the molecule is CCc1[nH]c(C(=O)NC2CCN(C(=O)/C=C/C(=O)O)CC2OCCC(C)C)nc1Cl. The van der Waals surface area contributed by atoms with Crippen molar-refractivity contribution < 1.29 is 24.2 Å². The average Bonchev–Trinajstić information content (AvgIpc) is 3.07. The molecule has 30 heavy (non-hydrogen) atoms. The zero-order chi connectivity index (χ0) is 22.3. The summed E-state index contributed by atoms with van der Waals surface area (Å²) in [6.45, 7) is 7.20. The molecule has 1 aliphatic heterocycles. The van der Waals surface area contributed by atoms with E-state index >= 15 is 0 Å². The Morgan fingerprint density at radius 2 is 2.13 bits per heavy atom. The number of aliphatic carboxylic acids is 1. The fourth-order valence-corrected chi connectivity index (χ4v) is 3.39. The number of amides is 2. The number of nitrogens with zero attached hydrogens (tertiary/aromatic N) is 2. The molecule has 2 atom stereocenters. The normalized spacial score (nSPS) is 19.4. The van der Waals surface area contributed by atoms with E-state index in [1.165, 1.54) is 4.90 Å². The number of nitrogens with one attached hydrogen (secondary N) is 2. The number of aromatic nitrogens is 2. The quantitative estimate of drug-likeness (QED) is 0.504. The van der Waals surface area contributed by atoms with Crippen molar-refractivity contribution in [3.63, 3.8) is 0 Å². The molecule has 2 rings (SSSR count). The minimum Gasteiger partial charge on any atom is -0.478 e. The third-order valence-electron chi connectivity index (χ3n) is 4.88. The zero-order valence-electron chi connectivity index (χ0n) is 17.5. The van der Waals surface area contributed by atoms with Gasteiger partial charge in [-0.3, -0.25) is 9.59 Å². The van der Waals surface area contributed by atoms with Crippen molar-refractivity contribution in [1.82, 2.24) is 20.2 Å². The van der Waals surface area contributed by atoms with Crippen LogP contribution in [-0.2, 0) is 20.7 Å². The summed E-state index contributed by atoms with van der Waals surface area (Å²) >= 11 is 6.03. The van der Waals surface area contributed by atoms with Crippen molar-refractivity contribution >= 4 is 29.4 Å². The van der Waals surface area contributed by atoms with Gasteiger partial charge in [-0.25, -0.2) is 9.78 Å². The number of aryl methyl sites for hydroxylation is 1. The van der Waals surface area contributed by atoms with Gasteiger partial charge in [-0.2, -0.15) is 0 Å². The van der Waals surface area contributed by atoms with Gasteiger partial charge >= 0.3 is 5.97 Å². The van der Waals surface area contributed by atoms with Crippen LogP contribution < -0.4 is 5.32 Å². The summed E-state index contributed by atoms with van der Waals surface area (Å²) in [4.78, 5) is 44.1. The number of ether oxygens (including phenoxy) is 1. The van der Waals surface area contributed by atoms with Gasteiger partial charge in [0, 0.05) is 31.8 Å². The molecule has 3 N–H and O–H groups in total. The van der Waals surface area contributed by atoms with Gasteiger partial charge in [-0.15, -0.1) is 0 Å². The van der Waals surface area contributed by atoms with Crippen LogP contribution in [0.25, 0.3) is 0 Å². The zero-order valence-corrected chi connectivity index (χ0v) is 18.2. The molecular formula is C20H29ClN4O5. The number of hydrogen-bond acceptors (Lipinski definition) is 5. The highest BCUT2D eigenvalue weighted by atomic mass is 35.5. The Labute approximate surface area is 180 Å². The Balaban J connectivity index is 2.06. The smallest absolute Gasteiger partial charge is 0.328 e. The fourth-order valence-electron chi connectivity index (χ4n) is 3.12. The molecule has 2 amide bonds. The van der Waals surface area contributed by atoms with Gasteiger partial charge in [0.05, 0.1) is 17.8 Å². The van der Waals surface area contributed by atoms with E-state index in [0.717, 1.165) is 18.6 Å². The molecule has 10 heteroatoms. The number of aromatic amines is 1. The van der Waals surface area contributed by atoms with E-state index in [2.05, 4.69) is 29.1 Å². The lowest BCUT2D eigenvalue weighted by atomic mass is 10.0. The number of carboxylic acids is 1. The lowest BCUT2D eigenvalue weighted by Gasteiger charge is -2.38. The molecule has 2 unspecified atom stereocenters. The van der Waals surface area contributed by atoms with Crippen LogP contribution in [0.5, 0.6) is 0 Å². The second-order valence-corrected chi connectivity index (χ2v) is 7.98. The number of piperidine rings is 1. The van der Waals surface area contributed by atoms with Crippen molar-refractivity contribution in [1.29, 1.82) is 0 Å². The minimum absolute atomic E-state index is 0.140. The van der Waals surface area contributed by atoms with E-state index in [4.69, 9.17) is 21.4 Å². The van der Waals surface area contributed by atoms with Crippen LogP contribution in [0, 0.1) is 5.92 Å². The first-order valence-corrected chi connectivity index (χ1v) is 10.5. The van der Waals surface area contributed by atoms with Crippen molar-refractivity contribution in [2.45, 2.75) is 52.2 Å². The van der Waals surface area contributed by atoms with E-state index in [0.29, 0.717) is 37.6 Å². The molecule has 0 spiro atoms. The van der Waals surface area contributed by atoms with Gasteiger partial charge in [0.1, 0.15) is 0 Å². The van der Waals surface area contributed by atoms with Crippen LogP contribution in [0.15, 0.2) is 12.2 Å². The summed E-state index contributed by atoms with van der Waals surface area (Å²) in [5.74, 6) is -1.37. The Kier molecular flexibility index (Phi) is 8.86. The maximum absolute atomic E-state index is 12.6. The summed E-state index contributed by atoms with van der Waals surface area (Å²) in [7, 11) is 0. The van der Waals surface area contributed by atoms with Gasteiger partial charge in [-0.1, -0.05) is 32.4 Å². The Morgan fingerprint density at radius 3 is 2.73 bits per heavy atom. The number of hydrogen-bond donors (Lipinski definition) is 3. The molecule has 9 nitrogen and oxygen atoms in total.